The van der Waals surface area contributed by atoms with Gasteiger partial charge in [0.1, 0.15) is 5.75 Å². The van der Waals surface area contributed by atoms with E-state index in [1.807, 2.05) is 0 Å². The van der Waals surface area contributed by atoms with Crippen LogP contribution in [-0.2, 0) is 16.6 Å². The lowest BCUT2D eigenvalue weighted by atomic mass is 10.1. The number of pyridine rings is 1. The molecule has 0 atom stereocenters. The maximum Gasteiger partial charge on any atom is 0.252 e. The van der Waals surface area contributed by atoms with Crippen LogP contribution in [0.5, 0.6) is 5.75 Å². The molecule has 0 amide bonds. The van der Waals surface area contributed by atoms with Gasteiger partial charge in [0, 0.05) is 18.2 Å². The van der Waals surface area contributed by atoms with Crippen molar-refractivity contribution in [2.45, 2.75) is 6.54 Å². The second kappa shape index (κ2) is 5.02. The highest BCUT2D eigenvalue weighted by atomic mass is 32.2. The number of sulfonamides is 1. The minimum atomic E-state index is -3.33. The first-order valence-electron chi connectivity index (χ1n) is 5.53. The van der Waals surface area contributed by atoms with E-state index in [0.29, 0.717) is 16.8 Å². The molecular formula is C12H14N2O4S. The molecule has 102 valence electrons. The Bertz CT molecular complexity index is 765. The normalized spacial score (nSPS) is 11.7. The van der Waals surface area contributed by atoms with E-state index in [1.54, 1.807) is 31.4 Å². The Morgan fingerprint density at radius 2 is 2.05 bits per heavy atom. The molecule has 0 radical (unpaired) electrons. The largest absolute Gasteiger partial charge is 0.497 e. The third kappa shape index (κ3) is 3.33. The monoisotopic (exact) mass is 282 g/mol. The van der Waals surface area contributed by atoms with Gasteiger partial charge in [-0.15, -0.1) is 0 Å². The molecule has 6 nitrogen and oxygen atoms in total. The average molecular weight is 282 g/mol. The van der Waals surface area contributed by atoms with Crippen molar-refractivity contribution in [3.63, 3.8) is 0 Å². The van der Waals surface area contributed by atoms with Crippen molar-refractivity contribution in [1.29, 1.82) is 0 Å². The molecule has 0 spiro atoms. The first-order valence-corrected chi connectivity index (χ1v) is 7.43. The van der Waals surface area contributed by atoms with Gasteiger partial charge in [0.25, 0.3) is 5.56 Å². The Morgan fingerprint density at radius 3 is 2.68 bits per heavy atom. The van der Waals surface area contributed by atoms with Crippen LogP contribution in [0.1, 0.15) is 5.56 Å². The zero-order valence-electron chi connectivity index (χ0n) is 10.6. The average Bonchev–Trinajstić information content (AvgIpc) is 2.34. The van der Waals surface area contributed by atoms with Gasteiger partial charge in [0.15, 0.2) is 0 Å². The van der Waals surface area contributed by atoms with Crippen LogP contribution < -0.4 is 15.0 Å². The number of benzene rings is 1. The fraction of sp³-hybridized carbons (Fsp3) is 0.250. The molecule has 2 rings (SSSR count). The van der Waals surface area contributed by atoms with E-state index in [4.69, 9.17) is 4.74 Å². The van der Waals surface area contributed by atoms with Crippen LogP contribution in [-0.4, -0.2) is 26.8 Å². The molecule has 0 unspecified atom stereocenters. The van der Waals surface area contributed by atoms with Crippen LogP contribution in [0.4, 0.5) is 0 Å². The lowest BCUT2D eigenvalue weighted by Crippen LogP contribution is -2.25. The molecule has 0 bridgehead atoms. The highest BCUT2D eigenvalue weighted by Gasteiger charge is 2.07. The summed E-state index contributed by atoms with van der Waals surface area (Å²) in [5, 5.41) is 0.811. The maximum atomic E-state index is 11.8. The van der Waals surface area contributed by atoms with E-state index in [2.05, 4.69) is 9.71 Å². The molecule has 0 aliphatic carbocycles. The van der Waals surface area contributed by atoms with Gasteiger partial charge in [-0.3, -0.25) is 4.79 Å². The fourth-order valence-electron chi connectivity index (χ4n) is 1.69. The number of H-pyrrole nitrogens is 1. The Hall–Kier alpha value is -1.86. The summed E-state index contributed by atoms with van der Waals surface area (Å²) < 4.78 is 29.4. The summed E-state index contributed by atoms with van der Waals surface area (Å²) in [7, 11) is -1.78. The van der Waals surface area contributed by atoms with Gasteiger partial charge in [0.05, 0.1) is 18.9 Å². The Morgan fingerprint density at radius 1 is 1.32 bits per heavy atom. The smallest absolute Gasteiger partial charge is 0.252 e. The van der Waals surface area contributed by atoms with E-state index >= 15 is 0 Å². The molecule has 1 aromatic heterocycles. The summed E-state index contributed by atoms with van der Waals surface area (Å²) in [5.74, 6) is 0.644. The third-order valence-electron chi connectivity index (χ3n) is 2.65. The molecule has 2 aromatic rings. The lowest BCUT2D eigenvalue weighted by Gasteiger charge is -2.05. The summed E-state index contributed by atoms with van der Waals surface area (Å²) in [6.07, 6.45) is 1.05. The zero-order chi connectivity index (χ0) is 14.0. The number of nitrogens with one attached hydrogen (secondary N) is 2. The maximum absolute atomic E-state index is 11.8. The van der Waals surface area contributed by atoms with Crippen molar-refractivity contribution in [1.82, 2.24) is 9.71 Å². The third-order valence-corrected chi connectivity index (χ3v) is 3.32. The molecule has 1 heterocycles. The standard InChI is InChI=1S/C12H14N2O4S/c1-18-10-4-3-8-5-9(7-13-19(2,16)17)12(15)14-11(8)6-10/h3-6,13H,7H2,1-2H3,(H,14,15). The molecule has 19 heavy (non-hydrogen) atoms. The SMILES string of the molecule is COc1ccc2cc(CNS(C)(=O)=O)c(=O)[nH]c2c1. The number of fused-ring (bicyclic) bond motifs is 1. The van der Waals surface area contributed by atoms with Gasteiger partial charge in [-0.1, -0.05) is 0 Å². The minimum absolute atomic E-state index is 0.0316. The van der Waals surface area contributed by atoms with E-state index < -0.39 is 10.0 Å². The van der Waals surface area contributed by atoms with Crippen molar-refractivity contribution < 1.29 is 13.2 Å². The topological polar surface area (TPSA) is 88.3 Å². The predicted octanol–water partition coefficient (Wildman–Crippen LogP) is 0.586. The number of hydrogen-bond acceptors (Lipinski definition) is 4. The Balaban J connectivity index is 2.42. The van der Waals surface area contributed by atoms with Crippen molar-refractivity contribution in [2.24, 2.45) is 0 Å². The van der Waals surface area contributed by atoms with Crippen molar-refractivity contribution >= 4 is 20.9 Å². The fourth-order valence-corrected chi connectivity index (χ4v) is 2.11. The molecule has 0 aliphatic heterocycles. The van der Waals surface area contributed by atoms with Gasteiger partial charge in [-0.25, -0.2) is 13.1 Å². The number of hydrogen-bond donors (Lipinski definition) is 2. The van der Waals surface area contributed by atoms with Gasteiger partial charge in [0.2, 0.25) is 10.0 Å². The number of aromatic amines is 1. The van der Waals surface area contributed by atoms with Crippen molar-refractivity contribution in [3.05, 3.63) is 40.2 Å². The minimum Gasteiger partial charge on any atom is -0.497 e. The lowest BCUT2D eigenvalue weighted by molar-refractivity contribution is 0.415. The molecule has 0 fully saturated rings. The summed E-state index contributed by atoms with van der Waals surface area (Å²) in [4.78, 5) is 14.5. The van der Waals surface area contributed by atoms with Gasteiger partial charge >= 0.3 is 0 Å². The van der Waals surface area contributed by atoms with Crippen molar-refractivity contribution in [3.8, 4) is 5.75 Å². The highest BCUT2D eigenvalue weighted by molar-refractivity contribution is 7.88. The van der Waals surface area contributed by atoms with Crippen LogP contribution in [0.3, 0.4) is 0 Å². The number of methoxy groups -OCH3 is 1. The molecule has 7 heteroatoms. The molecule has 0 saturated heterocycles. The molecule has 2 N–H and O–H groups in total. The van der Waals surface area contributed by atoms with E-state index in [1.165, 1.54) is 0 Å². The summed E-state index contributed by atoms with van der Waals surface area (Å²) in [6, 6.07) is 6.94. The second-order valence-electron chi connectivity index (χ2n) is 4.17. The first kappa shape index (κ1) is 13.6. The van der Waals surface area contributed by atoms with Gasteiger partial charge in [-0.2, -0.15) is 0 Å². The van der Waals surface area contributed by atoms with Crippen LogP contribution >= 0.6 is 0 Å². The van der Waals surface area contributed by atoms with E-state index in [0.717, 1.165) is 11.6 Å². The number of aromatic nitrogens is 1. The first-order chi connectivity index (χ1) is 8.89. The van der Waals surface area contributed by atoms with Gasteiger partial charge < -0.3 is 9.72 Å². The van der Waals surface area contributed by atoms with Crippen molar-refractivity contribution in [2.75, 3.05) is 13.4 Å². The molecule has 0 aliphatic rings. The quantitative estimate of drug-likeness (QED) is 0.859. The highest BCUT2D eigenvalue weighted by Crippen LogP contribution is 2.18. The van der Waals surface area contributed by atoms with Crippen LogP contribution in [0, 0.1) is 0 Å². The summed E-state index contributed by atoms with van der Waals surface area (Å²) >= 11 is 0. The van der Waals surface area contributed by atoms with Gasteiger partial charge in [-0.05, 0) is 23.6 Å². The predicted molar refractivity (Wildman–Crippen MR) is 72.8 cm³/mol. The summed E-state index contributed by atoms with van der Waals surface area (Å²) in [5.41, 5.74) is 0.687. The molecule has 0 saturated carbocycles. The Labute approximate surface area is 110 Å². The van der Waals surface area contributed by atoms with E-state index in [-0.39, 0.29) is 12.1 Å². The second-order valence-corrected chi connectivity index (χ2v) is 6.00. The van der Waals surface area contributed by atoms with Crippen LogP contribution in [0.2, 0.25) is 0 Å². The van der Waals surface area contributed by atoms with E-state index in [9.17, 15) is 13.2 Å². The number of ether oxygens (including phenoxy) is 1. The Kier molecular flexibility index (Phi) is 3.59. The zero-order valence-corrected chi connectivity index (χ0v) is 11.4. The summed E-state index contributed by atoms with van der Waals surface area (Å²) in [6.45, 7) is -0.0316. The van der Waals surface area contributed by atoms with Crippen LogP contribution in [0.25, 0.3) is 10.9 Å². The van der Waals surface area contributed by atoms with Crippen LogP contribution in [0.15, 0.2) is 29.1 Å². The molecule has 1 aromatic carbocycles. The molecular weight excluding hydrogens is 268 g/mol. The number of rotatable bonds is 4.